The predicted molar refractivity (Wildman–Crippen MR) is 54.9 cm³/mol. The lowest BCUT2D eigenvalue weighted by Crippen LogP contribution is -1.81. The van der Waals surface area contributed by atoms with Gasteiger partial charge < -0.3 is 5.11 Å². The smallest absolute Gasteiger partial charge is 0.0935 e. The van der Waals surface area contributed by atoms with E-state index in [1.54, 1.807) is 11.3 Å². The first-order chi connectivity index (χ1) is 6.35. The van der Waals surface area contributed by atoms with Gasteiger partial charge in [0.2, 0.25) is 0 Å². The largest absolute Gasteiger partial charge is 0.392 e. The highest BCUT2D eigenvalue weighted by molar-refractivity contribution is 7.18. The van der Waals surface area contributed by atoms with Crippen molar-refractivity contribution in [3.05, 3.63) is 28.8 Å². The number of aliphatic hydroxyl groups is 1. The zero-order valence-electron chi connectivity index (χ0n) is 7.45. The quantitative estimate of drug-likeness (QED) is 0.794. The third kappa shape index (κ3) is 1.45. The molecule has 0 bridgehead atoms. The van der Waals surface area contributed by atoms with E-state index in [2.05, 4.69) is 11.9 Å². The van der Waals surface area contributed by atoms with Gasteiger partial charge in [0, 0.05) is 0 Å². The summed E-state index contributed by atoms with van der Waals surface area (Å²) in [6.45, 7) is 2.19. The molecule has 1 aromatic heterocycles. The van der Waals surface area contributed by atoms with E-state index in [4.69, 9.17) is 5.11 Å². The number of nitrogens with zero attached hydrogens (tertiary/aromatic N) is 1. The summed E-state index contributed by atoms with van der Waals surface area (Å²) in [6, 6.07) is 5.87. The van der Waals surface area contributed by atoms with Gasteiger partial charge in [0.15, 0.2) is 0 Å². The predicted octanol–water partition coefficient (Wildman–Crippen LogP) is 2.35. The van der Waals surface area contributed by atoms with Crippen molar-refractivity contribution in [1.29, 1.82) is 0 Å². The second kappa shape index (κ2) is 3.44. The summed E-state index contributed by atoms with van der Waals surface area (Å²) in [6.07, 6.45) is 0.963. The molecule has 0 saturated heterocycles. The van der Waals surface area contributed by atoms with Crippen LogP contribution < -0.4 is 0 Å². The summed E-state index contributed by atoms with van der Waals surface area (Å²) in [4.78, 5) is 4.45. The second-order valence-electron chi connectivity index (χ2n) is 2.88. The molecule has 0 fully saturated rings. The Morgan fingerprint density at radius 2 is 2.31 bits per heavy atom. The number of aryl methyl sites for hydroxylation is 1. The van der Waals surface area contributed by atoms with Gasteiger partial charge >= 0.3 is 0 Å². The van der Waals surface area contributed by atoms with Crippen molar-refractivity contribution in [2.24, 2.45) is 0 Å². The molecule has 0 amide bonds. The molecule has 3 heteroatoms. The molecular formula is C10H11NOS. The summed E-state index contributed by atoms with van der Waals surface area (Å²) in [5.41, 5.74) is 1.99. The Kier molecular flexibility index (Phi) is 2.29. The van der Waals surface area contributed by atoms with Crippen LogP contribution in [0.2, 0.25) is 0 Å². The molecule has 2 rings (SSSR count). The van der Waals surface area contributed by atoms with Gasteiger partial charge in [-0.2, -0.15) is 0 Å². The molecule has 0 atom stereocenters. The van der Waals surface area contributed by atoms with E-state index in [0.29, 0.717) is 0 Å². The van der Waals surface area contributed by atoms with Gasteiger partial charge in [0.1, 0.15) is 0 Å². The fourth-order valence-corrected chi connectivity index (χ4v) is 2.33. The Labute approximate surface area is 80.9 Å². The zero-order valence-corrected chi connectivity index (χ0v) is 8.27. The third-order valence-electron chi connectivity index (χ3n) is 2.01. The molecule has 1 aromatic carbocycles. The number of hydrogen-bond donors (Lipinski definition) is 1. The lowest BCUT2D eigenvalue weighted by atomic mass is 10.2. The molecule has 2 aromatic rings. The van der Waals surface area contributed by atoms with Crippen molar-refractivity contribution >= 4 is 21.6 Å². The lowest BCUT2D eigenvalue weighted by Gasteiger charge is -1.94. The first-order valence-corrected chi connectivity index (χ1v) is 5.15. The molecule has 1 N–H and O–H groups in total. The Morgan fingerprint density at radius 1 is 1.46 bits per heavy atom. The second-order valence-corrected chi connectivity index (χ2v) is 3.97. The summed E-state index contributed by atoms with van der Waals surface area (Å²) >= 11 is 1.68. The average Bonchev–Trinajstić information content (AvgIpc) is 2.59. The fourth-order valence-electron chi connectivity index (χ4n) is 1.33. The van der Waals surface area contributed by atoms with E-state index in [-0.39, 0.29) is 6.61 Å². The van der Waals surface area contributed by atoms with Crippen LogP contribution in [0.25, 0.3) is 10.2 Å². The van der Waals surface area contributed by atoms with E-state index >= 15 is 0 Å². The van der Waals surface area contributed by atoms with Gasteiger partial charge in [0.25, 0.3) is 0 Å². The van der Waals surface area contributed by atoms with Crippen molar-refractivity contribution in [2.45, 2.75) is 20.0 Å². The fraction of sp³-hybridized carbons (Fsp3) is 0.300. The number of thiazole rings is 1. The highest BCUT2D eigenvalue weighted by Crippen LogP contribution is 2.25. The van der Waals surface area contributed by atoms with E-state index in [1.165, 1.54) is 0 Å². The van der Waals surface area contributed by atoms with Crippen LogP contribution in [0, 0.1) is 0 Å². The molecule has 2 nitrogen and oxygen atoms in total. The minimum atomic E-state index is 0.0999. The van der Waals surface area contributed by atoms with E-state index in [1.807, 2.05) is 18.2 Å². The third-order valence-corrected chi connectivity index (χ3v) is 3.30. The molecule has 68 valence electrons. The van der Waals surface area contributed by atoms with Gasteiger partial charge in [-0.3, -0.25) is 0 Å². The van der Waals surface area contributed by atoms with Crippen molar-refractivity contribution in [1.82, 2.24) is 4.98 Å². The van der Waals surface area contributed by atoms with Gasteiger partial charge in [-0.15, -0.1) is 11.3 Å². The van der Waals surface area contributed by atoms with Crippen LogP contribution in [0.4, 0.5) is 0 Å². The van der Waals surface area contributed by atoms with Crippen LogP contribution in [0.5, 0.6) is 0 Å². The summed E-state index contributed by atoms with van der Waals surface area (Å²) in [7, 11) is 0. The topological polar surface area (TPSA) is 33.1 Å². The molecule has 0 saturated carbocycles. The first kappa shape index (κ1) is 8.66. The highest BCUT2D eigenvalue weighted by Gasteiger charge is 2.05. The number of fused-ring (bicyclic) bond motifs is 1. The van der Waals surface area contributed by atoms with Gasteiger partial charge in [-0.05, 0) is 18.1 Å². The maximum absolute atomic E-state index is 9.10. The minimum Gasteiger partial charge on any atom is -0.392 e. The number of aromatic nitrogens is 1. The Balaban J connectivity index is 2.67. The van der Waals surface area contributed by atoms with E-state index in [9.17, 15) is 0 Å². The van der Waals surface area contributed by atoms with Crippen molar-refractivity contribution in [2.75, 3.05) is 0 Å². The average molecular weight is 193 g/mol. The van der Waals surface area contributed by atoms with Crippen LogP contribution in [0.1, 0.15) is 17.5 Å². The molecule has 13 heavy (non-hydrogen) atoms. The standard InChI is InChI=1S/C10H11NOS/c1-2-9-11-8-5-3-4-7(6-12)10(8)13-9/h3-5,12H,2,6H2,1H3. The SMILES string of the molecule is CCc1nc2cccc(CO)c2s1. The molecule has 0 radical (unpaired) electrons. The molecule has 0 aliphatic rings. The molecule has 0 aliphatic carbocycles. The van der Waals surface area contributed by atoms with Crippen LogP contribution in [-0.2, 0) is 13.0 Å². The highest BCUT2D eigenvalue weighted by atomic mass is 32.1. The van der Waals surface area contributed by atoms with E-state index < -0.39 is 0 Å². The molecule has 0 unspecified atom stereocenters. The van der Waals surface area contributed by atoms with Crippen LogP contribution in [0.3, 0.4) is 0 Å². The number of aliphatic hydroxyl groups excluding tert-OH is 1. The monoisotopic (exact) mass is 193 g/mol. The van der Waals surface area contributed by atoms with Crippen LogP contribution in [0.15, 0.2) is 18.2 Å². The maximum Gasteiger partial charge on any atom is 0.0935 e. The van der Waals surface area contributed by atoms with Crippen molar-refractivity contribution < 1.29 is 5.11 Å². The molecule has 0 spiro atoms. The molecule has 0 aliphatic heterocycles. The van der Waals surface area contributed by atoms with Crippen LogP contribution in [-0.4, -0.2) is 10.1 Å². The lowest BCUT2D eigenvalue weighted by molar-refractivity contribution is 0.283. The van der Waals surface area contributed by atoms with Crippen molar-refractivity contribution in [3.63, 3.8) is 0 Å². The summed E-state index contributed by atoms with van der Waals surface area (Å²) in [5.74, 6) is 0. The molecule has 1 heterocycles. The summed E-state index contributed by atoms with van der Waals surface area (Å²) < 4.78 is 1.13. The van der Waals surface area contributed by atoms with Gasteiger partial charge in [-0.25, -0.2) is 4.98 Å². The zero-order chi connectivity index (χ0) is 9.26. The van der Waals surface area contributed by atoms with Crippen molar-refractivity contribution in [3.8, 4) is 0 Å². The summed E-state index contributed by atoms with van der Waals surface area (Å²) in [5, 5.41) is 10.2. The first-order valence-electron chi connectivity index (χ1n) is 4.33. The normalized spacial score (nSPS) is 10.9. The number of hydrogen-bond acceptors (Lipinski definition) is 3. The van der Waals surface area contributed by atoms with Gasteiger partial charge in [0.05, 0.1) is 21.8 Å². The Bertz CT molecular complexity index is 422. The molecular weight excluding hydrogens is 182 g/mol. The minimum absolute atomic E-state index is 0.0999. The number of rotatable bonds is 2. The Morgan fingerprint density at radius 3 is 3.00 bits per heavy atom. The maximum atomic E-state index is 9.10. The Hall–Kier alpha value is -0.930. The van der Waals surface area contributed by atoms with Crippen LogP contribution >= 0.6 is 11.3 Å². The number of benzene rings is 1. The van der Waals surface area contributed by atoms with E-state index in [0.717, 1.165) is 27.2 Å². The van der Waals surface area contributed by atoms with Gasteiger partial charge in [-0.1, -0.05) is 19.1 Å².